The quantitative estimate of drug-likeness (QED) is 0.868. The molecule has 2 saturated carbocycles. The summed E-state index contributed by atoms with van der Waals surface area (Å²) in [7, 11) is 0. The first-order chi connectivity index (χ1) is 9.43. The number of fused-ring (bicyclic) bond motifs is 2. The predicted octanol–water partition coefficient (Wildman–Crippen LogP) is 3.90. The van der Waals surface area contributed by atoms with Crippen LogP contribution in [0.25, 0.3) is 0 Å². The maximum absolute atomic E-state index is 12.3. The summed E-state index contributed by atoms with van der Waals surface area (Å²) in [5.41, 5.74) is 2.20. The first-order valence-corrected chi connectivity index (χ1v) is 7.85. The molecule has 0 saturated heterocycles. The number of amides is 1. The van der Waals surface area contributed by atoms with Gasteiger partial charge in [-0.1, -0.05) is 39.3 Å². The lowest BCUT2D eigenvalue weighted by Gasteiger charge is -2.23. The van der Waals surface area contributed by atoms with E-state index in [2.05, 4.69) is 38.2 Å². The summed E-state index contributed by atoms with van der Waals surface area (Å²) >= 11 is 0. The van der Waals surface area contributed by atoms with Gasteiger partial charge >= 0.3 is 0 Å². The predicted molar refractivity (Wildman–Crippen MR) is 81.8 cm³/mol. The van der Waals surface area contributed by atoms with Gasteiger partial charge in [0.1, 0.15) is 0 Å². The van der Waals surface area contributed by atoms with Gasteiger partial charge in [0, 0.05) is 11.6 Å². The molecule has 1 amide bonds. The molecule has 1 aromatic carbocycles. The highest BCUT2D eigenvalue weighted by Crippen LogP contribution is 2.44. The number of carbonyl (C=O) groups is 1. The monoisotopic (exact) mass is 271 g/mol. The topological polar surface area (TPSA) is 29.1 Å². The molecular weight excluding hydrogens is 246 g/mol. The van der Waals surface area contributed by atoms with Gasteiger partial charge in [0.25, 0.3) is 5.91 Å². The van der Waals surface area contributed by atoms with Gasteiger partial charge in [0.2, 0.25) is 0 Å². The number of hydrogen-bond acceptors (Lipinski definition) is 1. The van der Waals surface area contributed by atoms with E-state index in [1.165, 1.54) is 31.2 Å². The van der Waals surface area contributed by atoms with E-state index in [1.807, 2.05) is 12.1 Å². The zero-order valence-corrected chi connectivity index (χ0v) is 12.8. The van der Waals surface area contributed by atoms with Crippen molar-refractivity contribution >= 4 is 5.91 Å². The molecule has 0 spiro atoms. The Morgan fingerprint density at radius 3 is 2.30 bits per heavy atom. The second-order valence-corrected chi connectivity index (χ2v) is 7.58. The number of hydrogen-bond donors (Lipinski definition) is 1. The van der Waals surface area contributed by atoms with Crippen molar-refractivity contribution in [3.8, 4) is 0 Å². The molecule has 2 nitrogen and oxygen atoms in total. The van der Waals surface area contributed by atoms with Crippen molar-refractivity contribution in [1.29, 1.82) is 0 Å². The van der Waals surface area contributed by atoms with Gasteiger partial charge in [-0.3, -0.25) is 4.79 Å². The third-order valence-corrected chi connectivity index (χ3v) is 5.07. The third-order valence-electron chi connectivity index (χ3n) is 5.07. The summed E-state index contributed by atoms with van der Waals surface area (Å²) < 4.78 is 0. The Bertz CT molecular complexity index is 497. The van der Waals surface area contributed by atoms with Crippen molar-refractivity contribution in [1.82, 2.24) is 5.32 Å². The Hall–Kier alpha value is -1.31. The fraction of sp³-hybridized carbons (Fsp3) is 0.611. The van der Waals surface area contributed by atoms with E-state index >= 15 is 0 Å². The molecule has 0 aliphatic heterocycles. The largest absolute Gasteiger partial charge is 0.349 e. The van der Waals surface area contributed by atoms with E-state index in [-0.39, 0.29) is 11.3 Å². The third kappa shape index (κ3) is 2.61. The number of carbonyl (C=O) groups excluding carboxylic acids is 1. The van der Waals surface area contributed by atoms with Crippen molar-refractivity contribution in [2.75, 3.05) is 0 Å². The van der Waals surface area contributed by atoms with Gasteiger partial charge in [-0.15, -0.1) is 0 Å². The number of rotatable bonds is 2. The highest BCUT2D eigenvalue weighted by atomic mass is 16.1. The maximum Gasteiger partial charge on any atom is 0.251 e. The Kier molecular flexibility index (Phi) is 3.35. The zero-order valence-electron chi connectivity index (χ0n) is 12.8. The van der Waals surface area contributed by atoms with Gasteiger partial charge in [-0.2, -0.15) is 0 Å². The van der Waals surface area contributed by atoms with E-state index in [9.17, 15) is 4.79 Å². The lowest BCUT2D eigenvalue weighted by atomic mass is 9.86. The Labute approximate surface area is 122 Å². The summed E-state index contributed by atoms with van der Waals surface area (Å²) in [4.78, 5) is 12.3. The highest BCUT2D eigenvalue weighted by molar-refractivity contribution is 5.94. The van der Waals surface area contributed by atoms with Crippen LogP contribution in [0, 0.1) is 11.8 Å². The van der Waals surface area contributed by atoms with Crippen molar-refractivity contribution in [3.05, 3.63) is 35.4 Å². The van der Waals surface area contributed by atoms with Crippen LogP contribution in [-0.2, 0) is 5.41 Å². The van der Waals surface area contributed by atoms with E-state index in [1.54, 1.807) is 0 Å². The molecule has 0 heterocycles. The lowest BCUT2D eigenvalue weighted by molar-refractivity contribution is 0.0923. The van der Waals surface area contributed by atoms with Crippen LogP contribution in [0.15, 0.2) is 24.3 Å². The van der Waals surface area contributed by atoms with E-state index in [0.29, 0.717) is 6.04 Å². The van der Waals surface area contributed by atoms with Crippen LogP contribution in [0.4, 0.5) is 0 Å². The molecule has 2 heteroatoms. The van der Waals surface area contributed by atoms with E-state index in [0.717, 1.165) is 17.4 Å². The maximum atomic E-state index is 12.3. The minimum Gasteiger partial charge on any atom is -0.349 e. The molecule has 1 aromatic rings. The van der Waals surface area contributed by atoms with Crippen molar-refractivity contribution in [2.45, 2.75) is 57.9 Å². The molecule has 2 aliphatic carbocycles. The first-order valence-electron chi connectivity index (χ1n) is 7.85. The standard InChI is InChI=1S/C18H25NO/c1-18(2,3)15-8-6-13(7-9-15)17(20)19-16-11-12-4-5-14(16)10-12/h6-9,12,14,16H,4-5,10-11H2,1-3H3,(H,19,20)/t12-,14+,16+/m1/s1. The number of benzene rings is 1. The molecule has 2 fully saturated rings. The van der Waals surface area contributed by atoms with Crippen LogP contribution in [0.3, 0.4) is 0 Å². The molecule has 0 unspecified atom stereocenters. The molecule has 108 valence electrons. The summed E-state index contributed by atoms with van der Waals surface area (Å²) in [6.45, 7) is 6.58. The molecule has 1 N–H and O–H groups in total. The van der Waals surface area contributed by atoms with Gasteiger partial charge < -0.3 is 5.32 Å². The normalized spacial score (nSPS) is 28.6. The second kappa shape index (κ2) is 4.91. The summed E-state index contributed by atoms with van der Waals surface area (Å²) in [6, 6.07) is 8.50. The molecule has 0 radical (unpaired) electrons. The van der Waals surface area contributed by atoms with Gasteiger partial charge in [0.15, 0.2) is 0 Å². The van der Waals surface area contributed by atoms with Crippen molar-refractivity contribution in [2.24, 2.45) is 11.8 Å². The average molecular weight is 271 g/mol. The minimum atomic E-state index is 0.100. The molecule has 3 atom stereocenters. The summed E-state index contributed by atoms with van der Waals surface area (Å²) in [5.74, 6) is 1.70. The Balaban J connectivity index is 1.65. The van der Waals surface area contributed by atoms with Crippen molar-refractivity contribution in [3.63, 3.8) is 0 Å². The first kappa shape index (κ1) is 13.7. The van der Waals surface area contributed by atoms with Gasteiger partial charge in [-0.05, 0) is 54.2 Å². The summed E-state index contributed by atoms with van der Waals surface area (Å²) in [6.07, 6.45) is 5.19. The molecule has 2 bridgehead atoms. The second-order valence-electron chi connectivity index (χ2n) is 7.58. The fourth-order valence-corrected chi connectivity index (χ4v) is 3.79. The molecule has 3 rings (SSSR count). The van der Waals surface area contributed by atoms with Crippen molar-refractivity contribution < 1.29 is 4.79 Å². The number of nitrogens with one attached hydrogen (secondary N) is 1. The van der Waals surface area contributed by atoms with Crippen LogP contribution >= 0.6 is 0 Å². The van der Waals surface area contributed by atoms with Crippen LogP contribution in [-0.4, -0.2) is 11.9 Å². The average Bonchev–Trinajstić information content (AvgIpc) is 3.00. The highest BCUT2D eigenvalue weighted by Gasteiger charge is 2.40. The Morgan fingerprint density at radius 2 is 1.80 bits per heavy atom. The summed E-state index contributed by atoms with van der Waals surface area (Å²) in [5, 5.41) is 3.25. The van der Waals surface area contributed by atoms with Crippen LogP contribution in [0.5, 0.6) is 0 Å². The molecule has 0 aromatic heterocycles. The molecule has 20 heavy (non-hydrogen) atoms. The van der Waals surface area contributed by atoms with Gasteiger partial charge in [0.05, 0.1) is 0 Å². The lowest BCUT2D eigenvalue weighted by Crippen LogP contribution is -2.38. The SMILES string of the molecule is CC(C)(C)c1ccc(C(=O)N[C@H]2C[C@@H]3CC[C@H]2C3)cc1. The van der Waals surface area contributed by atoms with Crippen LogP contribution in [0.1, 0.15) is 62.4 Å². The van der Waals surface area contributed by atoms with E-state index < -0.39 is 0 Å². The molecule has 2 aliphatic rings. The Morgan fingerprint density at radius 1 is 1.10 bits per heavy atom. The smallest absolute Gasteiger partial charge is 0.251 e. The zero-order chi connectivity index (χ0) is 14.3. The van der Waals surface area contributed by atoms with Crippen LogP contribution in [0.2, 0.25) is 0 Å². The van der Waals surface area contributed by atoms with E-state index in [4.69, 9.17) is 0 Å². The fourth-order valence-electron chi connectivity index (χ4n) is 3.79. The van der Waals surface area contributed by atoms with Crippen LogP contribution < -0.4 is 5.32 Å². The van der Waals surface area contributed by atoms with Gasteiger partial charge in [-0.25, -0.2) is 0 Å². The molecular formula is C18H25NO. The minimum absolute atomic E-state index is 0.100.